The molecular formula is C9H12N6O. The van der Waals surface area contributed by atoms with Crippen LogP contribution in [-0.4, -0.2) is 31.1 Å². The SMILES string of the molecule is Cc1nc(C(C)NC(=O)c2ncc[nH]2)n[nH]1. The second-order valence-electron chi connectivity index (χ2n) is 3.41. The number of H-pyrrole nitrogens is 2. The quantitative estimate of drug-likeness (QED) is 0.693. The molecule has 84 valence electrons. The molecule has 16 heavy (non-hydrogen) atoms. The molecule has 3 N–H and O–H groups in total. The van der Waals surface area contributed by atoms with E-state index in [4.69, 9.17) is 0 Å². The molecule has 7 nitrogen and oxygen atoms in total. The number of nitrogens with zero attached hydrogens (tertiary/aromatic N) is 3. The van der Waals surface area contributed by atoms with Crippen molar-refractivity contribution in [3.8, 4) is 0 Å². The van der Waals surface area contributed by atoms with Crippen LogP contribution in [0.4, 0.5) is 0 Å². The van der Waals surface area contributed by atoms with Crippen LogP contribution < -0.4 is 5.32 Å². The minimum atomic E-state index is -0.278. The van der Waals surface area contributed by atoms with Crippen LogP contribution in [0, 0.1) is 6.92 Å². The van der Waals surface area contributed by atoms with E-state index in [2.05, 4.69) is 30.5 Å². The molecule has 0 aliphatic rings. The molecule has 1 amide bonds. The minimum Gasteiger partial charge on any atom is -0.341 e. The second-order valence-corrected chi connectivity index (χ2v) is 3.41. The van der Waals surface area contributed by atoms with Crippen LogP contribution in [0.3, 0.4) is 0 Å². The van der Waals surface area contributed by atoms with Crippen LogP contribution in [0.25, 0.3) is 0 Å². The van der Waals surface area contributed by atoms with Gasteiger partial charge in [0.15, 0.2) is 11.6 Å². The molecule has 0 aliphatic heterocycles. The third-order valence-corrected chi connectivity index (χ3v) is 2.06. The first kappa shape index (κ1) is 10.3. The van der Waals surface area contributed by atoms with Crippen molar-refractivity contribution in [1.29, 1.82) is 0 Å². The number of carbonyl (C=O) groups is 1. The summed E-state index contributed by atoms with van der Waals surface area (Å²) in [5.74, 6) is 1.27. The molecule has 0 bridgehead atoms. The van der Waals surface area contributed by atoms with Gasteiger partial charge in [0.05, 0.1) is 6.04 Å². The van der Waals surface area contributed by atoms with Gasteiger partial charge in [-0.3, -0.25) is 9.89 Å². The monoisotopic (exact) mass is 220 g/mol. The summed E-state index contributed by atoms with van der Waals surface area (Å²) in [5.41, 5.74) is 0. The third-order valence-electron chi connectivity index (χ3n) is 2.06. The number of hydrogen-bond donors (Lipinski definition) is 3. The molecule has 2 aromatic rings. The number of aromatic amines is 2. The number of aromatic nitrogens is 5. The highest BCUT2D eigenvalue weighted by Crippen LogP contribution is 2.06. The Labute approximate surface area is 91.7 Å². The third kappa shape index (κ3) is 2.08. The van der Waals surface area contributed by atoms with Crippen molar-refractivity contribution >= 4 is 5.91 Å². The molecule has 7 heteroatoms. The van der Waals surface area contributed by atoms with Crippen LogP contribution in [0.5, 0.6) is 0 Å². The average molecular weight is 220 g/mol. The Morgan fingerprint density at radius 2 is 2.38 bits per heavy atom. The lowest BCUT2D eigenvalue weighted by Gasteiger charge is -2.08. The summed E-state index contributed by atoms with van der Waals surface area (Å²) in [6.07, 6.45) is 3.12. The maximum atomic E-state index is 11.6. The molecule has 2 rings (SSSR count). The first-order valence-electron chi connectivity index (χ1n) is 4.86. The topological polar surface area (TPSA) is 99.3 Å². The molecule has 0 fully saturated rings. The van der Waals surface area contributed by atoms with Crippen molar-refractivity contribution in [2.45, 2.75) is 19.9 Å². The zero-order chi connectivity index (χ0) is 11.5. The molecule has 0 radical (unpaired) electrons. The maximum absolute atomic E-state index is 11.6. The van der Waals surface area contributed by atoms with Gasteiger partial charge in [-0.1, -0.05) is 0 Å². The number of nitrogens with one attached hydrogen (secondary N) is 3. The standard InChI is InChI=1S/C9H12N6O/c1-5(7-13-6(2)14-15-7)12-9(16)8-10-3-4-11-8/h3-5H,1-2H3,(H,10,11)(H,12,16)(H,13,14,15). The van der Waals surface area contributed by atoms with E-state index in [1.54, 1.807) is 13.1 Å². The van der Waals surface area contributed by atoms with Gasteiger partial charge in [0.1, 0.15) is 5.82 Å². The Bertz CT molecular complexity index is 474. The van der Waals surface area contributed by atoms with E-state index in [-0.39, 0.29) is 17.8 Å². The Morgan fingerprint density at radius 1 is 1.56 bits per heavy atom. The Kier molecular flexibility index (Phi) is 2.67. The van der Waals surface area contributed by atoms with E-state index in [1.165, 1.54) is 6.20 Å². The summed E-state index contributed by atoms with van der Waals surface area (Å²) in [6.45, 7) is 3.61. The second kappa shape index (κ2) is 4.13. The average Bonchev–Trinajstić information content (AvgIpc) is 2.87. The van der Waals surface area contributed by atoms with E-state index >= 15 is 0 Å². The summed E-state index contributed by atoms with van der Waals surface area (Å²) in [6, 6.07) is -0.262. The highest BCUT2D eigenvalue weighted by Gasteiger charge is 2.15. The van der Waals surface area contributed by atoms with Crippen LogP contribution in [0.2, 0.25) is 0 Å². The van der Waals surface area contributed by atoms with Crippen LogP contribution in [-0.2, 0) is 0 Å². The van der Waals surface area contributed by atoms with Crippen molar-refractivity contribution < 1.29 is 4.79 Å². The largest absolute Gasteiger partial charge is 0.341 e. The zero-order valence-corrected chi connectivity index (χ0v) is 8.98. The van der Waals surface area contributed by atoms with Gasteiger partial charge in [-0.05, 0) is 13.8 Å². The smallest absolute Gasteiger partial charge is 0.287 e. The fourth-order valence-corrected chi connectivity index (χ4v) is 1.27. The van der Waals surface area contributed by atoms with Gasteiger partial charge in [-0.15, -0.1) is 0 Å². The molecule has 0 aliphatic carbocycles. The van der Waals surface area contributed by atoms with Crippen LogP contribution >= 0.6 is 0 Å². The van der Waals surface area contributed by atoms with Crippen molar-refractivity contribution in [2.24, 2.45) is 0 Å². The normalized spacial score (nSPS) is 12.4. The maximum Gasteiger partial charge on any atom is 0.287 e. The Hall–Kier alpha value is -2.18. The van der Waals surface area contributed by atoms with Crippen LogP contribution in [0.15, 0.2) is 12.4 Å². The first-order chi connectivity index (χ1) is 7.66. The van der Waals surface area contributed by atoms with E-state index in [9.17, 15) is 4.79 Å². The first-order valence-corrected chi connectivity index (χ1v) is 4.86. The fraction of sp³-hybridized carbons (Fsp3) is 0.333. The molecule has 0 saturated carbocycles. The molecule has 1 atom stereocenters. The van der Waals surface area contributed by atoms with E-state index < -0.39 is 0 Å². The van der Waals surface area contributed by atoms with E-state index in [0.29, 0.717) is 11.6 Å². The van der Waals surface area contributed by atoms with Gasteiger partial charge in [0, 0.05) is 12.4 Å². The number of imidazole rings is 1. The summed E-state index contributed by atoms with van der Waals surface area (Å²) in [7, 11) is 0. The highest BCUT2D eigenvalue weighted by atomic mass is 16.2. The lowest BCUT2D eigenvalue weighted by Crippen LogP contribution is -2.28. The molecule has 0 spiro atoms. The summed E-state index contributed by atoms with van der Waals surface area (Å²) in [4.78, 5) is 22.3. The lowest BCUT2D eigenvalue weighted by atomic mass is 10.3. The fourth-order valence-electron chi connectivity index (χ4n) is 1.27. The van der Waals surface area contributed by atoms with Gasteiger partial charge in [-0.2, -0.15) is 5.10 Å². The van der Waals surface area contributed by atoms with Gasteiger partial charge in [0.25, 0.3) is 5.91 Å². The summed E-state index contributed by atoms with van der Waals surface area (Å²) < 4.78 is 0. The zero-order valence-electron chi connectivity index (χ0n) is 8.98. The van der Waals surface area contributed by atoms with Gasteiger partial charge in [0.2, 0.25) is 0 Å². The number of carbonyl (C=O) groups excluding carboxylic acids is 1. The van der Waals surface area contributed by atoms with Crippen molar-refractivity contribution in [2.75, 3.05) is 0 Å². The van der Waals surface area contributed by atoms with E-state index in [0.717, 1.165) is 0 Å². The number of amides is 1. The molecular weight excluding hydrogens is 208 g/mol. The van der Waals surface area contributed by atoms with Gasteiger partial charge < -0.3 is 10.3 Å². The Balaban J connectivity index is 2.03. The minimum absolute atomic E-state index is 0.262. The number of aryl methyl sites for hydroxylation is 1. The highest BCUT2D eigenvalue weighted by molar-refractivity contribution is 5.90. The molecule has 0 aromatic carbocycles. The van der Waals surface area contributed by atoms with Crippen molar-refractivity contribution in [3.63, 3.8) is 0 Å². The Morgan fingerprint density at radius 3 is 2.94 bits per heavy atom. The molecule has 2 heterocycles. The summed E-state index contributed by atoms with van der Waals surface area (Å²) in [5, 5.41) is 9.42. The van der Waals surface area contributed by atoms with Gasteiger partial charge >= 0.3 is 0 Å². The van der Waals surface area contributed by atoms with E-state index in [1.807, 2.05) is 6.92 Å². The summed E-state index contributed by atoms with van der Waals surface area (Å²) >= 11 is 0. The number of hydrogen-bond acceptors (Lipinski definition) is 4. The molecule has 0 saturated heterocycles. The molecule has 1 unspecified atom stereocenters. The predicted molar refractivity (Wildman–Crippen MR) is 55.6 cm³/mol. The lowest BCUT2D eigenvalue weighted by molar-refractivity contribution is 0.0929. The van der Waals surface area contributed by atoms with Gasteiger partial charge in [-0.25, -0.2) is 9.97 Å². The van der Waals surface area contributed by atoms with Crippen molar-refractivity contribution in [3.05, 3.63) is 29.9 Å². The number of rotatable bonds is 3. The predicted octanol–water partition coefficient (Wildman–Crippen LogP) is 0.327. The van der Waals surface area contributed by atoms with Crippen molar-refractivity contribution in [1.82, 2.24) is 30.5 Å². The van der Waals surface area contributed by atoms with Crippen LogP contribution in [0.1, 0.15) is 35.2 Å². The molecule has 2 aromatic heterocycles.